The van der Waals surface area contributed by atoms with E-state index in [0.717, 1.165) is 6.42 Å². The average molecular weight is 341 g/mol. The molecule has 2 heterocycles. The summed E-state index contributed by atoms with van der Waals surface area (Å²) in [6, 6.07) is 5.28. The summed E-state index contributed by atoms with van der Waals surface area (Å²) in [6.45, 7) is 5.88. The molecule has 6 nitrogen and oxygen atoms in total. The Morgan fingerprint density at radius 2 is 1.83 bits per heavy atom. The lowest BCUT2D eigenvalue weighted by Crippen LogP contribution is -2.58. The van der Waals surface area contributed by atoms with Crippen LogP contribution in [0.25, 0.3) is 0 Å². The minimum Gasteiger partial charge on any atom is -0.338 e. The SMILES string of the molecule is CCCC(C)(N)C(=O)N1CCN(C(=O)c2ccccn2)CC1.Cl. The van der Waals surface area contributed by atoms with Crippen molar-refractivity contribution in [2.24, 2.45) is 5.73 Å². The lowest BCUT2D eigenvalue weighted by molar-refractivity contribution is -0.138. The number of nitrogens with zero attached hydrogens (tertiary/aromatic N) is 3. The standard InChI is InChI=1S/C16H24N4O2.ClH/c1-3-7-16(2,17)15(22)20-11-9-19(10-12-20)14(21)13-6-4-5-8-18-13;/h4-6,8H,3,7,9-12,17H2,1-2H3;1H. The second-order valence-corrected chi connectivity index (χ2v) is 5.97. The molecule has 0 aromatic carbocycles. The molecule has 1 unspecified atom stereocenters. The molecule has 0 aliphatic carbocycles. The second-order valence-electron chi connectivity index (χ2n) is 5.97. The summed E-state index contributed by atoms with van der Waals surface area (Å²) in [5.41, 5.74) is 5.73. The van der Waals surface area contributed by atoms with Crippen LogP contribution in [-0.4, -0.2) is 58.3 Å². The number of carbonyl (C=O) groups is 2. The summed E-state index contributed by atoms with van der Waals surface area (Å²) >= 11 is 0. The number of hydrogen-bond acceptors (Lipinski definition) is 4. The molecule has 1 aliphatic rings. The molecule has 2 N–H and O–H groups in total. The number of nitrogens with two attached hydrogens (primary N) is 1. The Labute approximate surface area is 143 Å². The molecule has 2 rings (SSSR count). The molecule has 1 aromatic heterocycles. The molecule has 128 valence electrons. The fraction of sp³-hybridized carbons (Fsp3) is 0.562. The number of amides is 2. The molecular weight excluding hydrogens is 316 g/mol. The van der Waals surface area contributed by atoms with Gasteiger partial charge in [-0.25, -0.2) is 0 Å². The summed E-state index contributed by atoms with van der Waals surface area (Å²) in [6.07, 6.45) is 3.15. The van der Waals surface area contributed by atoms with Gasteiger partial charge in [-0.3, -0.25) is 14.6 Å². The third-order valence-electron chi connectivity index (χ3n) is 4.00. The molecule has 0 spiro atoms. The molecule has 1 saturated heterocycles. The van der Waals surface area contributed by atoms with Crippen LogP contribution in [0.1, 0.15) is 37.2 Å². The number of aromatic nitrogens is 1. The highest BCUT2D eigenvalue weighted by Crippen LogP contribution is 2.15. The van der Waals surface area contributed by atoms with Crippen LogP contribution in [0.2, 0.25) is 0 Å². The minimum absolute atomic E-state index is 0. The molecule has 23 heavy (non-hydrogen) atoms. The molecule has 2 amide bonds. The zero-order valence-electron chi connectivity index (χ0n) is 13.7. The number of hydrogen-bond donors (Lipinski definition) is 1. The van der Waals surface area contributed by atoms with Crippen molar-refractivity contribution in [1.29, 1.82) is 0 Å². The molecule has 1 aromatic rings. The van der Waals surface area contributed by atoms with Crippen molar-refractivity contribution in [3.8, 4) is 0 Å². The van der Waals surface area contributed by atoms with E-state index in [9.17, 15) is 9.59 Å². The molecule has 0 radical (unpaired) electrons. The van der Waals surface area contributed by atoms with Crippen molar-refractivity contribution in [3.05, 3.63) is 30.1 Å². The summed E-state index contributed by atoms with van der Waals surface area (Å²) < 4.78 is 0. The number of carbonyl (C=O) groups excluding carboxylic acids is 2. The predicted molar refractivity (Wildman–Crippen MR) is 91.5 cm³/mol. The third-order valence-corrected chi connectivity index (χ3v) is 4.00. The Balaban J connectivity index is 0.00000264. The molecule has 1 fully saturated rings. The molecule has 7 heteroatoms. The van der Waals surface area contributed by atoms with Crippen molar-refractivity contribution >= 4 is 24.2 Å². The first kappa shape index (κ1) is 19.4. The normalized spacial score (nSPS) is 17.2. The van der Waals surface area contributed by atoms with Crippen LogP contribution < -0.4 is 5.73 Å². The first-order valence-electron chi connectivity index (χ1n) is 7.74. The summed E-state index contributed by atoms with van der Waals surface area (Å²) in [7, 11) is 0. The van der Waals surface area contributed by atoms with E-state index in [1.54, 1.807) is 41.1 Å². The minimum atomic E-state index is -0.818. The smallest absolute Gasteiger partial charge is 0.272 e. The van der Waals surface area contributed by atoms with E-state index in [4.69, 9.17) is 5.73 Å². The van der Waals surface area contributed by atoms with Gasteiger partial charge in [0.15, 0.2) is 0 Å². The maximum atomic E-state index is 12.4. The monoisotopic (exact) mass is 340 g/mol. The van der Waals surface area contributed by atoms with Crippen molar-refractivity contribution in [2.75, 3.05) is 26.2 Å². The summed E-state index contributed by atoms with van der Waals surface area (Å²) in [5.74, 6) is -0.115. The largest absolute Gasteiger partial charge is 0.338 e. The van der Waals surface area contributed by atoms with Crippen LogP contribution in [0.15, 0.2) is 24.4 Å². The van der Waals surface area contributed by atoms with E-state index >= 15 is 0 Å². The van der Waals surface area contributed by atoms with E-state index in [-0.39, 0.29) is 24.2 Å². The second kappa shape index (κ2) is 8.26. The molecule has 1 atom stereocenters. The highest BCUT2D eigenvalue weighted by atomic mass is 35.5. The quantitative estimate of drug-likeness (QED) is 0.896. The average Bonchev–Trinajstić information content (AvgIpc) is 2.54. The van der Waals surface area contributed by atoms with Gasteiger partial charge in [0.05, 0.1) is 5.54 Å². The predicted octanol–water partition coefficient (Wildman–Crippen LogP) is 1.31. The number of pyridine rings is 1. The Morgan fingerprint density at radius 3 is 2.35 bits per heavy atom. The Hall–Kier alpha value is -1.66. The van der Waals surface area contributed by atoms with Gasteiger partial charge in [0.1, 0.15) is 5.69 Å². The lowest BCUT2D eigenvalue weighted by atomic mass is 9.95. The van der Waals surface area contributed by atoms with Crippen molar-refractivity contribution in [2.45, 2.75) is 32.2 Å². The van der Waals surface area contributed by atoms with E-state index < -0.39 is 5.54 Å². The van der Waals surface area contributed by atoms with E-state index in [1.807, 2.05) is 6.92 Å². The van der Waals surface area contributed by atoms with Crippen LogP contribution in [0.3, 0.4) is 0 Å². The maximum absolute atomic E-state index is 12.4. The van der Waals surface area contributed by atoms with Gasteiger partial charge in [0.2, 0.25) is 5.91 Å². The van der Waals surface area contributed by atoms with Crippen molar-refractivity contribution < 1.29 is 9.59 Å². The van der Waals surface area contributed by atoms with Gasteiger partial charge < -0.3 is 15.5 Å². The highest BCUT2D eigenvalue weighted by Gasteiger charge is 2.34. The van der Waals surface area contributed by atoms with E-state index in [2.05, 4.69) is 4.98 Å². The Morgan fingerprint density at radius 1 is 1.22 bits per heavy atom. The van der Waals surface area contributed by atoms with Gasteiger partial charge >= 0.3 is 0 Å². The molecule has 1 aliphatic heterocycles. The van der Waals surface area contributed by atoms with Crippen LogP contribution in [0.4, 0.5) is 0 Å². The highest BCUT2D eigenvalue weighted by molar-refractivity contribution is 5.92. The summed E-state index contributed by atoms with van der Waals surface area (Å²) in [5, 5.41) is 0. The van der Waals surface area contributed by atoms with Crippen molar-refractivity contribution in [3.63, 3.8) is 0 Å². The van der Waals surface area contributed by atoms with Crippen LogP contribution in [0, 0.1) is 0 Å². The molecule has 0 saturated carbocycles. The summed E-state index contributed by atoms with van der Waals surface area (Å²) in [4.78, 5) is 32.3. The topological polar surface area (TPSA) is 79.5 Å². The van der Waals surface area contributed by atoms with E-state index in [1.165, 1.54) is 0 Å². The van der Waals surface area contributed by atoms with Crippen LogP contribution >= 0.6 is 12.4 Å². The van der Waals surface area contributed by atoms with Gasteiger partial charge in [0.25, 0.3) is 5.91 Å². The zero-order chi connectivity index (χ0) is 16.2. The lowest BCUT2D eigenvalue weighted by Gasteiger charge is -2.38. The zero-order valence-corrected chi connectivity index (χ0v) is 14.5. The van der Waals surface area contributed by atoms with Gasteiger partial charge in [-0.2, -0.15) is 0 Å². The molecule has 0 bridgehead atoms. The fourth-order valence-electron chi connectivity index (χ4n) is 2.75. The number of piperazine rings is 1. The third kappa shape index (κ3) is 4.65. The first-order chi connectivity index (χ1) is 10.5. The van der Waals surface area contributed by atoms with Gasteiger partial charge in [-0.1, -0.05) is 19.4 Å². The number of halogens is 1. The fourth-order valence-corrected chi connectivity index (χ4v) is 2.75. The molecular formula is C16H25ClN4O2. The van der Waals surface area contributed by atoms with E-state index in [0.29, 0.717) is 38.3 Å². The maximum Gasteiger partial charge on any atom is 0.272 e. The Kier molecular flexibility index (Phi) is 6.97. The van der Waals surface area contributed by atoms with Crippen LogP contribution in [0.5, 0.6) is 0 Å². The van der Waals surface area contributed by atoms with Gasteiger partial charge in [-0.15, -0.1) is 12.4 Å². The van der Waals surface area contributed by atoms with Gasteiger partial charge in [-0.05, 0) is 25.5 Å². The van der Waals surface area contributed by atoms with Crippen LogP contribution in [-0.2, 0) is 4.79 Å². The first-order valence-corrected chi connectivity index (χ1v) is 7.74. The van der Waals surface area contributed by atoms with Crippen molar-refractivity contribution in [1.82, 2.24) is 14.8 Å². The Bertz CT molecular complexity index is 528. The van der Waals surface area contributed by atoms with Gasteiger partial charge in [0, 0.05) is 32.4 Å². The number of rotatable bonds is 4.